The number of methoxy groups -OCH3 is 1. The van der Waals surface area contributed by atoms with Crippen molar-refractivity contribution in [3.63, 3.8) is 0 Å². The first-order chi connectivity index (χ1) is 8.25. The van der Waals surface area contributed by atoms with Crippen molar-refractivity contribution in [2.75, 3.05) is 33.5 Å². The molecule has 1 rings (SSSR count). The van der Waals surface area contributed by atoms with E-state index in [0.717, 1.165) is 12.0 Å². The molecule has 96 valence electrons. The predicted octanol–water partition coefficient (Wildman–Crippen LogP) is 1.87. The Hall–Kier alpha value is -0.910. The minimum absolute atomic E-state index is 0.423. The number of halogens is 1. The van der Waals surface area contributed by atoms with Gasteiger partial charge in [0.05, 0.1) is 19.8 Å². The topological polar surface area (TPSA) is 53.5 Å². The summed E-state index contributed by atoms with van der Waals surface area (Å²) in [5, 5.41) is 0.423. The van der Waals surface area contributed by atoms with E-state index >= 15 is 0 Å². The van der Waals surface area contributed by atoms with Crippen molar-refractivity contribution in [1.29, 1.82) is 0 Å². The summed E-state index contributed by atoms with van der Waals surface area (Å²) in [7, 11) is 1.65. The summed E-state index contributed by atoms with van der Waals surface area (Å²) < 4.78 is 15.6. The highest BCUT2D eigenvalue weighted by Gasteiger charge is 2.05. The molecule has 0 N–H and O–H groups in total. The molecule has 1 aromatic rings. The molecule has 0 saturated heterocycles. The van der Waals surface area contributed by atoms with Crippen LogP contribution >= 0.6 is 11.6 Å². The smallest absolute Gasteiger partial charge is 0.220 e. The van der Waals surface area contributed by atoms with Gasteiger partial charge in [0, 0.05) is 25.7 Å². The number of nitrogens with zero attached hydrogens (tertiary/aromatic N) is 2. The quantitative estimate of drug-likeness (QED) is 0.528. The van der Waals surface area contributed by atoms with Crippen LogP contribution in [-0.4, -0.2) is 43.5 Å². The van der Waals surface area contributed by atoms with Gasteiger partial charge in [0.15, 0.2) is 0 Å². The van der Waals surface area contributed by atoms with Crippen molar-refractivity contribution in [3.8, 4) is 5.88 Å². The summed E-state index contributed by atoms with van der Waals surface area (Å²) in [6.45, 7) is 4.23. The van der Waals surface area contributed by atoms with Crippen molar-refractivity contribution in [1.82, 2.24) is 9.97 Å². The third-order valence-electron chi connectivity index (χ3n) is 2.08. The van der Waals surface area contributed by atoms with Gasteiger partial charge < -0.3 is 14.2 Å². The van der Waals surface area contributed by atoms with Crippen molar-refractivity contribution in [3.05, 3.63) is 17.0 Å². The van der Waals surface area contributed by atoms with Crippen LogP contribution in [0.15, 0.2) is 6.33 Å². The van der Waals surface area contributed by atoms with Crippen LogP contribution < -0.4 is 4.74 Å². The Morgan fingerprint density at radius 1 is 1.18 bits per heavy atom. The van der Waals surface area contributed by atoms with Crippen LogP contribution in [0.4, 0.5) is 0 Å². The van der Waals surface area contributed by atoms with E-state index in [0.29, 0.717) is 37.5 Å². The molecule has 17 heavy (non-hydrogen) atoms. The van der Waals surface area contributed by atoms with E-state index in [1.807, 2.05) is 6.92 Å². The maximum absolute atomic E-state index is 5.84. The SMILES string of the molecule is COCCOCCCOc1ncnc(Cl)c1C. The number of ether oxygens (including phenoxy) is 3. The second-order valence-corrected chi connectivity index (χ2v) is 3.76. The molecule has 0 aliphatic heterocycles. The molecule has 6 heteroatoms. The molecule has 0 aromatic carbocycles. The van der Waals surface area contributed by atoms with Crippen molar-refractivity contribution in [2.45, 2.75) is 13.3 Å². The molecular weight excluding hydrogens is 244 g/mol. The summed E-state index contributed by atoms with van der Waals surface area (Å²) in [5.41, 5.74) is 0.759. The summed E-state index contributed by atoms with van der Waals surface area (Å²) in [4.78, 5) is 7.86. The molecule has 0 radical (unpaired) electrons. The van der Waals surface area contributed by atoms with Crippen molar-refractivity contribution >= 4 is 11.6 Å². The van der Waals surface area contributed by atoms with Crippen molar-refractivity contribution < 1.29 is 14.2 Å². The Morgan fingerprint density at radius 3 is 2.76 bits per heavy atom. The van der Waals surface area contributed by atoms with Gasteiger partial charge >= 0.3 is 0 Å². The monoisotopic (exact) mass is 260 g/mol. The van der Waals surface area contributed by atoms with Gasteiger partial charge in [0.2, 0.25) is 5.88 Å². The van der Waals surface area contributed by atoms with Gasteiger partial charge in [0.25, 0.3) is 0 Å². The normalized spacial score (nSPS) is 10.5. The highest BCUT2D eigenvalue weighted by Crippen LogP contribution is 2.19. The van der Waals surface area contributed by atoms with Crippen LogP contribution in [0.25, 0.3) is 0 Å². The molecule has 0 saturated carbocycles. The fourth-order valence-corrected chi connectivity index (χ4v) is 1.26. The van der Waals surface area contributed by atoms with Crippen LogP contribution in [0.5, 0.6) is 5.88 Å². The lowest BCUT2D eigenvalue weighted by molar-refractivity contribution is 0.0641. The largest absolute Gasteiger partial charge is 0.477 e. The predicted molar refractivity (Wildman–Crippen MR) is 64.6 cm³/mol. The zero-order chi connectivity index (χ0) is 12.5. The fourth-order valence-electron chi connectivity index (χ4n) is 1.13. The van der Waals surface area contributed by atoms with Gasteiger partial charge in [-0.2, -0.15) is 0 Å². The van der Waals surface area contributed by atoms with Crippen LogP contribution in [0.3, 0.4) is 0 Å². The maximum Gasteiger partial charge on any atom is 0.220 e. The average Bonchev–Trinajstić information content (AvgIpc) is 2.33. The molecule has 0 atom stereocenters. The Kier molecular flexibility index (Phi) is 6.84. The molecule has 0 bridgehead atoms. The highest BCUT2D eigenvalue weighted by atomic mass is 35.5. The summed E-state index contributed by atoms with van der Waals surface area (Å²) in [6.07, 6.45) is 2.19. The molecular formula is C11H17ClN2O3. The third-order valence-corrected chi connectivity index (χ3v) is 2.46. The summed E-state index contributed by atoms with van der Waals surface area (Å²) in [5.74, 6) is 0.530. The lowest BCUT2D eigenvalue weighted by Crippen LogP contribution is -2.08. The van der Waals surface area contributed by atoms with E-state index in [1.54, 1.807) is 7.11 Å². The number of hydrogen-bond acceptors (Lipinski definition) is 5. The first kappa shape index (κ1) is 14.2. The summed E-state index contributed by atoms with van der Waals surface area (Å²) >= 11 is 5.84. The number of hydrogen-bond donors (Lipinski definition) is 0. The van der Waals surface area contributed by atoms with Crippen LogP contribution in [-0.2, 0) is 9.47 Å². The maximum atomic E-state index is 5.84. The molecule has 0 spiro atoms. The first-order valence-electron chi connectivity index (χ1n) is 5.42. The van der Waals surface area contributed by atoms with Gasteiger partial charge in [-0.3, -0.25) is 0 Å². The van der Waals surface area contributed by atoms with E-state index in [1.165, 1.54) is 6.33 Å². The second kappa shape index (κ2) is 8.22. The lowest BCUT2D eigenvalue weighted by Gasteiger charge is -2.08. The Morgan fingerprint density at radius 2 is 2.00 bits per heavy atom. The lowest BCUT2D eigenvalue weighted by atomic mass is 10.4. The van der Waals surface area contributed by atoms with Gasteiger partial charge in [-0.25, -0.2) is 9.97 Å². The summed E-state index contributed by atoms with van der Waals surface area (Å²) in [6, 6.07) is 0. The van der Waals surface area contributed by atoms with Crippen LogP contribution in [0.2, 0.25) is 5.15 Å². The molecule has 0 fully saturated rings. The van der Waals surface area contributed by atoms with Crippen LogP contribution in [0.1, 0.15) is 12.0 Å². The molecule has 0 aliphatic carbocycles. The van der Waals surface area contributed by atoms with Crippen molar-refractivity contribution in [2.24, 2.45) is 0 Å². The second-order valence-electron chi connectivity index (χ2n) is 3.40. The third kappa shape index (κ3) is 5.30. The minimum Gasteiger partial charge on any atom is -0.477 e. The van der Waals surface area contributed by atoms with E-state index in [2.05, 4.69) is 9.97 Å². The molecule has 0 aliphatic rings. The van der Waals surface area contributed by atoms with E-state index in [4.69, 9.17) is 25.8 Å². The standard InChI is InChI=1S/C11H17ClN2O3/c1-9-10(12)13-8-14-11(9)17-5-3-4-16-7-6-15-2/h8H,3-7H2,1-2H3. The Labute approximate surface area is 106 Å². The molecule has 1 aromatic heterocycles. The molecule has 1 heterocycles. The van der Waals surface area contributed by atoms with Gasteiger partial charge in [0.1, 0.15) is 11.5 Å². The van der Waals surface area contributed by atoms with E-state index in [-0.39, 0.29) is 0 Å². The number of rotatable bonds is 8. The average molecular weight is 261 g/mol. The zero-order valence-electron chi connectivity index (χ0n) is 10.1. The molecule has 0 unspecified atom stereocenters. The van der Waals surface area contributed by atoms with E-state index in [9.17, 15) is 0 Å². The zero-order valence-corrected chi connectivity index (χ0v) is 10.9. The molecule has 5 nitrogen and oxygen atoms in total. The first-order valence-corrected chi connectivity index (χ1v) is 5.80. The van der Waals surface area contributed by atoms with Gasteiger partial charge in [-0.1, -0.05) is 11.6 Å². The van der Waals surface area contributed by atoms with Crippen LogP contribution in [0, 0.1) is 6.92 Å². The van der Waals surface area contributed by atoms with Gasteiger partial charge in [-0.05, 0) is 6.92 Å². The molecule has 0 amide bonds. The minimum atomic E-state index is 0.423. The fraction of sp³-hybridized carbons (Fsp3) is 0.636. The number of aromatic nitrogens is 2. The van der Waals surface area contributed by atoms with Gasteiger partial charge in [-0.15, -0.1) is 0 Å². The Balaban J connectivity index is 2.16. The highest BCUT2D eigenvalue weighted by molar-refractivity contribution is 6.30. The van der Waals surface area contributed by atoms with E-state index < -0.39 is 0 Å². The Bertz CT molecular complexity index is 336.